The molecule has 1 amide bonds. The molecule has 1 aliphatic heterocycles. The molecule has 7 heteroatoms. The molecule has 1 atom stereocenters. The van der Waals surface area contributed by atoms with Crippen molar-refractivity contribution in [1.82, 2.24) is 5.01 Å². The molecular weight excluding hydrogens is 333 g/mol. The molecule has 0 bridgehead atoms. The zero-order valence-corrected chi connectivity index (χ0v) is 13.3. The summed E-state index contributed by atoms with van der Waals surface area (Å²) in [4.78, 5) is 12.5. The fourth-order valence-electron chi connectivity index (χ4n) is 2.73. The number of alkyl halides is 3. The topological polar surface area (TPSA) is 52.9 Å². The lowest BCUT2D eigenvalue weighted by Crippen LogP contribution is -2.56. The van der Waals surface area contributed by atoms with Gasteiger partial charge in [0.1, 0.15) is 0 Å². The monoisotopic (exact) mass is 348 g/mol. The molecule has 0 fully saturated rings. The third kappa shape index (κ3) is 2.91. The van der Waals surface area contributed by atoms with E-state index in [1.807, 2.05) is 0 Å². The molecule has 0 aromatic heterocycles. The van der Waals surface area contributed by atoms with E-state index in [0.717, 1.165) is 0 Å². The van der Waals surface area contributed by atoms with Crippen LogP contribution in [0, 0.1) is 6.92 Å². The predicted molar refractivity (Wildman–Crippen MR) is 85.9 cm³/mol. The van der Waals surface area contributed by atoms with Crippen molar-refractivity contribution in [2.75, 3.05) is 0 Å². The van der Waals surface area contributed by atoms with E-state index in [-0.39, 0.29) is 16.3 Å². The van der Waals surface area contributed by atoms with Crippen LogP contribution >= 0.6 is 0 Å². The van der Waals surface area contributed by atoms with Crippen LogP contribution in [0.4, 0.5) is 13.2 Å². The van der Waals surface area contributed by atoms with Crippen molar-refractivity contribution in [1.29, 1.82) is 0 Å². The number of carbonyl (C=O) groups is 1. The highest BCUT2D eigenvalue weighted by molar-refractivity contribution is 6.06. The van der Waals surface area contributed by atoms with Gasteiger partial charge in [0.25, 0.3) is 11.6 Å². The second-order valence-corrected chi connectivity index (χ2v) is 5.84. The molecule has 0 saturated carbocycles. The molecule has 0 aliphatic carbocycles. The number of aliphatic hydroxyl groups is 1. The van der Waals surface area contributed by atoms with E-state index in [1.165, 1.54) is 24.3 Å². The van der Waals surface area contributed by atoms with Gasteiger partial charge in [-0.05, 0) is 24.6 Å². The average Bonchev–Trinajstić information content (AvgIpc) is 2.94. The molecule has 1 N–H and O–H groups in total. The number of halogens is 3. The summed E-state index contributed by atoms with van der Waals surface area (Å²) in [7, 11) is 0. The van der Waals surface area contributed by atoms with Gasteiger partial charge in [-0.1, -0.05) is 42.5 Å². The van der Waals surface area contributed by atoms with E-state index in [9.17, 15) is 23.1 Å². The normalized spacial score (nSPS) is 20.5. The number of benzene rings is 2. The molecule has 1 unspecified atom stereocenters. The quantitative estimate of drug-likeness (QED) is 0.903. The minimum Gasteiger partial charge on any atom is -0.362 e. The van der Waals surface area contributed by atoms with Crippen LogP contribution in [0.3, 0.4) is 0 Å². The average molecular weight is 348 g/mol. The summed E-state index contributed by atoms with van der Waals surface area (Å²) in [6.45, 7) is 1.73. The zero-order chi connectivity index (χ0) is 18.2. The fraction of sp³-hybridized carbons (Fsp3) is 0.222. The van der Waals surface area contributed by atoms with Gasteiger partial charge in [-0.2, -0.15) is 23.3 Å². The van der Waals surface area contributed by atoms with Crippen molar-refractivity contribution in [2.24, 2.45) is 5.10 Å². The van der Waals surface area contributed by atoms with Crippen LogP contribution in [-0.2, 0) is 0 Å². The van der Waals surface area contributed by atoms with Gasteiger partial charge in [-0.25, -0.2) is 0 Å². The number of hydrogen-bond acceptors (Lipinski definition) is 3. The molecule has 25 heavy (non-hydrogen) atoms. The van der Waals surface area contributed by atoms with Crippen LogP contribution in [-0.4, -0.2) is 33.6 Å². The second kappa shape index (κ2) is 6.00. The Morgan fingerprint density at radius 2 is 1.72 bits per heavy atom. The third-order valence-electron chi connectivity index (χ3n) is 4.11. The van der Waals surface area contributed by atoms with Crippen molar-refractivity contribution in [3.05, 3.63) is 71.3 Å². The Labute approximate surface area is 142 Å². The lowest BCUT2D eigenvalue weighted by atomic mass is 9.97. The van der Waals surface area contributed by atoms with Crippen molar-refractivity contribution >= 4 is 11.6 Å². The Kier molecular flexibility index (Phi) is 4.12. The van der Waals surface area contributed by atoms with Gasteiger partial charge in [0.05, 0.1) is 12.1 Å². The first kappa shape index (κ1) is 17.2. The first-order valence-corrected chi connectivity index (χ1v) is 7.56. The van der Waals surface area contributed by atoms with Crippen molar-refractivity contribution < 1.29 is 23.1 Å². The fourth-order valence-corrected chi connectivity index (χ4v) is 2.73. The van der Waals surface area contributed by atoms with Gasteiger partial charge >= 0.3 is 6.18 Å². The van der Waals surface area contributed by atoms with E-state index in [0.29, 0.717) is 11.1 Å². The van der Waals surface area contributed by atoms with Crippen molar-refractivity contribution in [3.63, 3.8) is 0 Å². The maximum absolute atomic E-state index is 13.5. The third-order valence-corrected chi connectivity index (χ3v) is 4.11. The van der Waals surface area contributed by atoms with Crippen LogP contribution in [0.5, 0.6) is 0 Å². The molecule has 4 nitrogen and oxygen atoms in total. The van der Waals surface area contributed by atoms with Crippen molar-refractivity contribution in [3.8, 4) is 0 Å². The SMILES string of the molecule is Cc1ccccc1C1=NN(C(=O)c2ccccc2)C(O)(C(F)(F)F)C1. The summed E-state index contributed by atoms with van der Waals surface area (Å²) >= 11 is 0. The smallest absolute Gasteiger partial charge is 0.362 e. The molecule has 1 heterocycles. The molecule has 0 radical (unpaired) electrons. The van der Waals surface area contributed by atoms with Crippen LogP contribution in [0.1, 0.15) is 27.9 Å². The second-order valence-electron chi connectivity index (χ2n) is 5.84. The van der Waals surface area contributed by atoms with E-state index in [4.69, 9.17) is 0 Å². The number of hydrazone groups is 1. The van der Waals surface area contributed by atoms with E-state index >= 15 is 0 Å². The van der Waals surface area contributed by atoms with Crippen molar-refractivity contribution in [2.45, 2.75) is 25.2 Å². The molecular formula is C18H15F3N2O2. The minimum absolute atomic E-state index is 0.0139. The lowest BCUT2D eigenvalue weighted by molar-refractivity contribution is -0.297. The zero-order valence-electron chi connectivity index (χ0n) is 13.3. The lowest BCUT2D eigenvalue weighted by Gasteiger charge is -2.32. The number of carbonyl (C=O) groups excluding carboxylic acids is 1. The Bertz CT molecular complexity index is 834. The molecule has 1 aliphatic rings. The number of rotatable bonds is 2. The summed E-state index contributed by atoms with van der Waals surface area (Å²) in [6, 6.07) is 14.2. The first-order valence-electron chi connectivity index (χ1n) is 7.56. The van der Waals surface area contributed by atoms with Gasteiger partial charge in [-0.15, -0.1) is 0 Å². The number of amides is 1. The Hall–Kier alpha value is -2.67. The van der Waals surface area contributed by atoms with Gasteiger partial charge in [0.2, 0.25) is 0 Å². The highest BCUT2D eigenvalue weighted by Gasteiger charge is 2.63. The summed E-state index contributed by atoms with van der Waals surface area (Å²) in [5, 5.41) is 14.3. The van der Waals surface area contributed by atoms with E-state index in [1.54, 1.807) is 37.3 Å². The Morgan fingerprint density at radius 1 is 1.12 bits per heavy atom. The van der Waals surface area contributed by atoms with Gasteiger partial charge in [0, 0.05) is 11.1 Å². The van der Waals surface area contributed by atoms with Gasteiger partial charge in [-0.3, -0.25) is 4.79 Å². The van der Waals surface area contributed by atoms with Crippen LogP contribution in [0.15, 0.2) is 59.7 Å². The van der Waals surface area contributed by atoms with Gasteiger partial charge in [0.15, 0.2) is 0 Å². The van der Waals surface area contributed by atoms with E-state index < -0.39 is 24.2 Å². The molecule has 0 spiro atoms. The highest BCUT2D eigenvalue weighted by Crippen LogP contribution is 2.42. The van der Waals surface area contributed by atoms with Crippen LogP contribution < -0.4 is 0 Å². The number of hydrogen-bond donors (Lipinski definition) is 1. The largest absolute Gasteiger partial charge is 0.438 e. The Balaban J connectivity index is 2.08. The predicted octanol–water partition coefficient (Wildman–Crippen LogP) is 3.50. The highest BCUT2D eigenvalue weighted by atomic mass is 19.4. The molecule has 2 aromatic carbocycles. The number of aryl methyl sites for hydroxylation is 1. The molecule has 2 aromatic rings. The summed E-state index contributed by atoms with van der Waals surface area (Å²) < 4.78 is 40.6. The van der Waals surface area contributed by atoms with E-state index in [2.05, 4.69) is 5.10 Å². The molecule has 0 saturated heterocycles. The van der Waals surface area contributed by atoms with Crippen LogP contribution in [0.25, 0.3) is 0 Å². The maximum Gasteiger partial charge on any atom is 0.438 e. The number of nitrogens with zero attached hydrogens (tertiary/aromatic N) is 2. The summed E-state index contributed by atoms with van der Waals surface area (Å²) in [5.41, 5.74) is -2.17. The minimum atomic E-state index is -5.05. The first-order chi connectivity index (χ1) is 11.7. The van der Waals surface area contributed by atoms with Gasteiger partial charge < -0.3 is 5.11 Å². The maximum atomic E-state index is 13.5. The van der Waals surface area contributed by atoms with Crippen LogP contribution in [0.2, 0.25) is 0 Å². The molecule has 130 valence electrons. The summed E-state index contributed by atoms with van der Waals surface area (Å²) in [5.74, 6) is -1.01. The molecule has 3 rings (SSSR count). The summed E-state index contributed by atoms with van der Waals surface area (Å²) in [6.07, 6.45) is -5.87. The standard InChI is InChI=1S/C18H15F3N2O2/c1-12-7-5-6-10-14(12)15-11-17(25,18(19,20)21)23(22-15)16(24)13-8-3-2-4-9-13/h2-10,25H,11H2,1H3. The Morgan fingerprint density at radius 3 is 2.32 bits per heavy atom.